The van der Waals surface area contributed by atoms with Gasteiger partial charge in [-0.2, -0.15) is 0 Å². The monoisotopic (exact) mass is 179 g/mol. The highest BCUT2D eigenvalue weighted by molar-refractivity contribution is 5.79. The first-order valence-corrected chi connectivity index (χ1v) is 4.04. The van der Waals surface area contributed by atoms with E-state index >= 15 is 0 Å². The first kappa shape index (κ1) is 8.26. The van der Waals surface area contributed by atoms with Gasteiger partial charge in [0.2, 0.25) is 0 Å². The van der Waals surface area contributed by atoms with E-state index < -0.39 is 0 Å². The standard InChI is InChI=1S/C10H10FNO/c1-13-7-12-5-4-8-2-3-9(11)6-10(8)12/h2-6H,7H2,1H3. The predicted molar refractivity (Wildman–Crippen MR) is 48.9 cm³/mol. The Morgan fingerprint density at radius 3 is 3.00 bits per heavy atom. The number of hydrogen-bond donors (Lipinski definition) is 0. The van der Waals surface area contributed by atoms with Crippen molar-refractivity contribution in [2.45, 2.75) is 6.73 Å². The average Bonchev–Trinajstić information content (AvgIpc) is 2.49. The Hall–Kier alpha value is -1.35. The van der Waals surface area contributed by atoms with Crippen molar-refractivity contribution in [3.63, 3.8) is 0 Å². The summed E-state index contributed by atoms with van der Waals surface area (Å²) >= 11 is 0. The molecule has 2 nitrogen and oxygen atoms in total. The summed E-state index contributed by atoms with van der Waals surface area (Å²) in [5.74, 6) is -0.219. The SMILES string of the molecule is COCn1ccc2ccc(F)cc21. The van der Waals surface area contributed by atoms with Crippen molar-refractivity contribution >= 4 is 10.9 Å². The molecule has 0 spiro atoms. The van der Waals surface area contributed by atoms with Gasteiger partial charge < -0.3 is 9.30 Å². The van der Waals surface area contributed by atoms with E-state index in [4.69, 9.17) is 4.74 Å². The molecule has 2 rings (SSSR count). The maximum atomic E-state index is 12.9. The maximum absolute atomic E-state index is 12.9. The summed E-state index contributed by atoms with van der Waals surface area (Å²) in [6.07, 6.45) is 1.88. The molecule has 1 aromatic carbocycles. The molecule has 0 aliphatic carbocycles. The van der Waals surface area contributed by atoms with Gasteiger partial charge in [0.1, 0.15) is 12.5 Å². The second-order valence-electron chi connectivity index (χ2n) is 2.91. The first-order valence-electron chi connectivity index (χ1n) is 4.04. The van der Waals surface area contributed by atoms with Crippen molar-refractivity contribution in [1.82, 2.24) is 4.57 Å². The molecule has 0 saturated carbocycles. The highest BCUT2D eigenvalue weighted by Crippen LogP contribution is 2.16. The first-order chi connectivity index (χ1) is 6.31. The Kier molecular flexibility index (Phi) is 2.02. The molecule has 0 N–H and O–H groups in total. The van der Waals surface area contributed by atoms with Crippen LogP contribution >= 0.6 is 0 Å². The van der Waals surface area contributed by atoms with E-state index in [1.807, 2.05) is 16.8 Å². The van der Waals surface area contributed by atoms with E-state index in [1.165, 1.54) is 12.1 Å². The fraction of sp³-hybridized carbons (Fsp3) is 0.200. The molecule has 0 radical (unpaired) electrons. The Balaban J connectivity index is 2.58. The number of benzene rings is 1. The van der Waals surface area contributed by atoms with Crippen LogP contribution in [0.1, 0.15) is 0 Å². The lowest BCUT2D eigenvalue weighted by Gasteiger charge is -2.02. The van der Waals surface area contributed by atoms with Crippen molar-refractivity contribution in [3.8, 4) is 0 Å². The topological polar surface area (TPSA) is 14.2 Å². The molecule has 0 unspecified atom stereocenters. The largest absolute Gasteiger partial charge is 0.364 e. The van der Waals surface area contributed by atoms with Gasteiger partial charge >= 0.3 is 0 Å². The van der Waals surface area contributed by atoms with E-state index in [-0.39, 0.29) is 5.82 Å². The smallest absolute Gasteiger partial charge is 0.125 e. The van der Waals surface area contributed by atoms with Crippen molar-refractivity contribution < 1.29 is 9.13 Å². The predicted octanol–water partition coefficient (Wildman–Crippen LogP) is 2.38. The molecule has 68 valence electrons. The molecule has 13 heavy (non-hydrogen) atoms. The van der Waals surface area contributed by atoms with Gasteiger partial charge in [0.05, 0.1) is 5.52 Å². The molecule has 1 heterocycles. The van der Waals surface area contributed by atoms with E-state index in [9.17, 15) is 4.39 Å². The summed E-state index contributed by atoms with van der Waals surface area (Å²) < 4.78 is 19.7. The van der Waals surface area contributed by atoms with E-state index in [2.05, 4.69) is 0 Å². The number of nitrogens with zero attached hydrogens (tertiary/aromatic N) is 1. The third-order valence-corrected chi connectivity index (χ3v) is 2.00. The van der Waals surface area contributed by atoms with E-state index in [1.54, 1.807) is 13.2 Å². The molecule has 0 aliphatic rings. The Bertz CT molecular complexity index is 422. The van der Waals surface area contributed by atoms with Gasteiger partial charge in [-0.3, -0.25) is 0 Å². The number of methoxy groups -OCH3 is 1. The Labute approximate surface area is 75.5 Å². The number of aromatic nitrogens is 1. The normalized spacial score (nSPS) is 10.9. The molecule has 0 bridgehead atoms. The average molecular weight is 179 g/mol. The van der Waals surface area contributed by atoms with Crippen LogP contribution in [0.4, 0.5) is 4.39 Å². The number of hydrogen-bond acceptors (Lipinski definition) is 1. The number of halogens is 1. The zero-order valence-corrected chi connectivity index (χ0v) is 7.33. The molecule has 1 aromatic heterocycles. The third-order valence-electron chi connectivity index (χ3n) is 2.00. The summed E-state index contributed by atoms with van der Waals surface area (Å²) in [6.45, 7) is 0.451. The zero-order chi connectivity index (χ0) is 9.26. The molecule has 0 saturated heterocycles. The van der Waals surface area contributed by atoms with Crippen molar-refractivity contribution in [2.24, 2.45) is 0 Å². The second kappa shape index (κ2) is 3.18. The lowest BCUT2D eigenvalue weighted by molar-refractivity contribution is 0.135. The lowest BCUT2D eigenvalue weighted by atomic mass is 10.2. The third kappa shape index (κ3) is 1.42. The van der Waals surface area contributed by atoms with Gasteiger partial charge in [-0.25, -0.2) is 4.39 Å². The van der Waals surface area contributed by atoms with Crippen LogP contribution in [0.3, 0.4) is 0 Å². The molecule has 0 aliphatic heterocycles. The maximum Gasteiger partial charge on any atom is 0.125 e. The molecular weight excluding hydrogens is 169 g/mol. The molecule has 0 amide bonds. The molecular formula is C10H10FNO. The zero-order valence-electron chi connectivity index (χ0n) is 7.33. The van der Waals surface area contributed by atoms with Gasteiger partial charge in [0, 0.05) is 13.3 Å². The molecule has 3 heteroatoms. The van der Waals surface area contributed by atoms with Crippen LogP contribution < -0.4 is 0 Å². The van der Waals surface area contributed by atoms with Gasteiger partial charge in [0.15, 0.2) is 0 Å². The van der Waals surface area contributed by atoms with Crippen LogP contribution in [0.2, 0.25) is 0 Å². The Morgan fingerprint density at radius 1 is 1.38 bits per heavy atom. The summed E-state index contributed by atoms with van der Waals surface area (Å²) in [4.78, 5) is 0. The van der Waals surface area contributed by atoms with Crippen molar-refractivity contribution in [2.75, 3.05) is 7.11 Å². The van der Waals surface area contributed by atoms with Crippen molar-refractivity contribution in [1.29, 1.82) is 0 Å². The van der Waals surface area contributed by atoms with Crippen LogP contribution in [-0.4, -0.2) is 11.7 Å². The van der Waals surface area contributed by atoms with Gasteiger partial charge in [-0.05, 0) is 29.7 Å². The number of rotatable bonds is 2. The molecule has 0 fully saturated rings. The van der Waals surface area contributed by atoms with Crippen LogP contribution in [0.25, 0.3) is 10.9 Å². The minimum absolute atomic E-state index is 0.219. The second-order valence-corrected chi connectivity index (χ2v) is 2.91. The minimum atomic E-state index is -0.219. The van der Waals surface area contributed by atoms with Crippen LogP contribution in [0, 0.1) is 5.82 Å². The minimum Gasteiger partial charge on any atom is -0.364 e. The van der Waals surface area contributed by atoms with Crippen LogP contribution in [-0.2, 0) is 11.5 Å². The number of fused-ring (bicyclic) bond motifs is 1. The lowest BCUT2D eigenvalue weighted by Crippen LogP contribution is -1.97. The van der Waals surface area contributed by atoms with E-state index in [0.29, 0.717) is 6.73 Å². The van der Waals surface area contributed by atoms with Gasteiger partial charge in [0.25, 0.3) is 0 Å². The number of ether oxygens (including phenoxy) is 1. The van der Waals surface area contributed by atoms with E-state index in [0.717, 1.165) is 10.9 Å². The van der Waals surface area contributed by atoms with Crippen molar-refractivity contribution in [3.05, 3.63) is 36.3 Å². The highest BCUT2D eigenvalue weighted by Gasteiger charge is 2.00. The fourth-order valence-corrected chi connectivity index (χ4v) is 1.41. The van der Waals surface area contributed by atoms with Gasteiger partial charge in [-0.15, -0.1) is 0 Å². The fourth-order valence-electron chi connectivity index (χ4n) is 1.41. The summed E-state index contributed by atoms with van der Waals surface area (Å²) in [5.41, 5.74) is 0.863. The summed E-state index contributed by atoms with van der Waals surface area (Å²) in [6, 6.07) is 6.67. The van der Waals surface area contributed by atoms with Crippen LogP contribution in [0.15, 0.2) is 30.5 Å². The quantitative estimate of drug-likeness (QED) is 0.690. The van der Waals surface area contributed by atoms with Gasteiger partial charge in [-0.1, -0.05) is 0 Å². The summed E-state index contributed by atoms with van der Waals surface area (Å²) in [7, 11) is 1.62. The van der Waals surface area contributed by atoms with Crippen LogP contribution in [0.5, 0.6) is 0 Å². The summed E-state index contributed by atoms with van der Waals surface area (Å²) in [5, 5.41) is 1.03. The molecule has 0 atom stereocenters. The highest BCUT2D eigenvalue weighted by atomic mass is 19.1. The molecule has 2 aromatic rings. The Morgan fingerprint density at radius 2 is 2.23 bits per heavy atom.